The van der Waals surface area contributed by atoms with Gasteiger partial charge in [-0.3, -0.25) is 9.48 Å². The van der Waals surface area contributed by atoms with Gasteiger partial charge in [-0.2, -0.15) is 5.10 Å². The number of carbonyl (C=O) groups is 1. The molecule has 0 radical (unpaired) electrons. The maximum Gasteiger partial charge on any atom is 0.139 e. The number of carbonyl (C=O) groups excluding carboxylic acids is 1. The highest BCUT2D eigenvalue weighted by atomic mass is 16.1. The van der Waals surface area contributed by atoms with Crippen LogP contribution in [0.25, 0.3) is 0 Å². The summed E-state index contributed by atoms with van der Waals surface area (Å²) in [6.45, 7) is 0. The Morgan fingerprint density at radius 2 is 1.80 bits per heavy atom. The van der Waals surface area contributed by atoms with Gasteiger partial charge in [0.05, 0.1) is 18.2 Å². The Bertz CT molecular complexity index is 440. The average Bonchev–Trinajstić information content (AvgIpc) is 3.10. The van der Waals surface area contributed by atoms with Crippen molar-refractivity contribution in [1.29, 1.82) is 0 Å². The van der Waals surface area contributed by atoms with E-state index in [0.29, 0.717) is 24.2 Å². The molecule has 2 saturated carbocycles. The lowest BCUT2D eigenvalue weighted by atomic mass is 9.85. The summed E-state index contributed by atoms with van der Waals surface area (Å²) in [4.78, 5) is 12.2. The van der Waals surface area contributed by atoms with Crippen LogP contribution in [0.3, 0.4) is 0 Å². The van der Waals surface area contributed by atoms with Crippen molar-refractivity contribution in [3.63, 3.8) is 0 Å². The van der Waals surface area contributed by atoms with Gasteiger partial charge in [-0.15, -0.1) is 0 Å². The van der Waals surface area contributed by atoms with Crippen LogP contribution in [0.5, 0.6) is 0 Å². The van der Waals surface area contributed by atoms with Crippen LogP contribution in [-0.4, -0.2) is 15.6 Å². The molecule has 0 N–H and O–H groups in total. The van der Waals surface area contributed by atoms with E-state index in [-0.39, 0.29) is 0 Å². The molecule has 2 fully saturated rings. The summed E-state index contributed by atoms with van der Waals surface area (Å²) in [6.07, 6.45) is 15.0. The number of aromatic nitrogens is 2. The minimum atomic E-state index is 0.383. The Morgan fingerprint density at radius 3 is 2.55 bits per heavy atom. The van der Waals surface area contributed by atoms with Gasteiger partial charge in [-0.25, -0.2) is 0 Å². The molecule has 0 saturated heterocycles. The quantitative estimate of drug-likeness (QED) is 0.811. The Hall–Kier alpha value is -1.12. The number of hydrogen-bond donors (Lipinski definition) is 0. The summed E-state index contributed by atoms with van der Waals surface area (Å²) in [6, 6.07) is 2.62. The van der Waals surface area contributed by atoms with Crippen molar-refractivity contribution < 1.29 is 4.79 Å². The largest absolute Gasteiger partial charge is 0.299 e. The molecule has 0 unspecified atom stereocenters. The highest BCUT2D eigenvalue weighted by molar-refractivity contribution is 5.80. The van der Waals surface area contributed by atoms with Crippen LogP contribution in [0.2, 0.25) is 0 Å². The molecule has 0 spiro atoms. The van der Waals surface area contributed by atoms with Gasteiger partial charge < -0.3 is 0 Å². The summed E-state index contributed by atoms with van der Waals surface area (Å²) in [5.74, 6) is 1.03. The fraction of sp³-hybridized carbons (Fsp3) is 0.765. The Labute approximate surface area is 121 Å². The van der Waals surface area contributed by atoms with Crippen molar-refractivity contribution in [3.05, 3.63) is 18.0 Å². The van der Waals surface area contributed by atoms with E-state index in [9.17, 15) is 4.79 Å². The molecule has 2 aliphatic rings. The van der Waals surface area contributed by atoms with Crippen LogP contribution in [0.4, 0.5) is 0 Å². The van der Waals surface area contributed by atoms with E-state index >= 15 is 0 Å². The van der Waals surface area contributed by atoms with Crippen LogP contribution >= 0.6 is 0 Å². The molecule has 1 heterocycles. The first kappa shape index (κ1) is 13.8. The second-order valence-electron chi connectivity index (χ2n) is 6.65. The summed E-state index contributed by atoms with van der Waals surface area (Å²) in [7, 11) is 0. The SMILES string of the molecule is O=C(Cc1ccn(C2CCCC2)n1)CC1CCCCC1. The first-order valence-corrected chi connectivity index (χ1v) is 8.37. The molecule has 1 aromatic rings. The molecule has 1 aromatic heterocycles. The molecule has 0 aromatic carbocycles. The minimum absolute atomic E-state index is 0.383. The van der Waals surface area contributed by atoms with Crippen molar-refractivity contribution in [2.75, 3.05) is 0 Å². The molecule has 0 atom stereocenters. The maximum atomic E-state index is 12.2. The summed E-state index contributed by atoms with van der Waals surface area (Å²) >= 11 is 0. The van der Waals surface area contributed by atoms with Gasteiger partial charge in [-0.05, 0) is 24.8 Å². The molecule has 3 nitrogen and oxygen atoms in total. The zero-order valence-corrected chi connectivity index (χ0v) is 12.4. The van der Waals surface area contributed by atoms with E-state index in [2.05, 4.69) is 16.0 Å². The van der Waals surface area contributed by atoms with E-state index in [1.807, 2.05) is 6.07 Å². The molecule has 0 amide bonds. The highest BCUT2D eigenvalue weighted by Gasteiger charge is 2.20. The Balaban J connectivity index is 1.50. The van der Waals surface area contributed by atoms with Gasteiger partial charge in [0.2, 0.25) is 0 Å². The lowest BCUT2D eigenvalue weighted by molar-refractivity contribution is -0.119. The lowest BCUT2D eigenvalue weighted by Gasteiger charge is -2.20. The predicted octanol–water partition coefficient (Wildman–Crippen LogP) is 4.08. The third-order valence-corrected chi connectivity index (χ3v) is 4.98. The molecule has 20 heavy (non-hydrogen) atoms. The standard InChI is InChI=1S/C17H26N2O/c20-17(12-14-6-2-1-3-7-14)13-15-10-11-19(18-15)16-8-4-5-9-16/h10-11,14,16H,1-9,12-13H2. The van der Waals surface area contributed by atoms with Gasteiger partial charge in [0, 0.05) is 12.6 Å². The van der Waals surface area contributed by atoms with Gasteiger partial charge in [-0.1, -0.05) is 44.9 Å². The third kappa shape index (κ3) is 3.50. The second kappa shape index (κ2) is 6.55. The van der Waals surface area contributed by atoms with Crippen molar-refractivity contribution in [3.8, 4) is 0 Å². The highest BCUT2D eigenvalue weighted by Crippen LogP contribution is 2.29. The van der Waals surface area contributed by atoms with E-state index in [4.69, 9.17) is 0 Å². The predicted molar refractivity (Wildman–Crippen MR) is 79.6 cm³/mol. The van der Waals surface area contributed by atoms with Crippen LogP contribution < -0.4 is 0 Å². The van der Waals surface area contributed by atoms with E-state index in [1.165, 1.54) is 57.8 Å². The third-order valence-electron chi connectivity index (χ3n) is 4.98. The zero-order valence-electron chi connectivity index (χ0n) is 12.4. The molecule has 3 heteroatoms. The summed E-state index contributed by atoms with van der Waals surface area (Å²) in [5, 5.41) is 4.62. The van der Waals surface area contributed by atoms with Gasteiger partial charge >= 0.3 is 0 Å². The van der Waals surface area contributed by atoms with Crippen LogP contribution in [0, 0.1) is 5.92 Å². The fourth-order valence-electron chi connectivity index (χ4n) is 3.83. The van der Waals surface area contributed by atoms with Crippen molar-refractivity contribution >= 4 is 5.78 Å². The minimum Gasteiger partial charge on any atom is -0.299 e. The number of rotatable bonds is 5. The summed E-state index contributed by atoms with van der Waals surface area (Å²) in [5.41, 5.74) is 0.970. The van der Waals surface area contributed by atoms with Crippen molar-refractivity contribution in [2.45, 2.75) is 76.7 Å². The molecule has 0 aliphatic heterocycles. The molecule has 110 valence electrons. The van der Waals surface area contributed by atoms with Crippen molar-refractivity contribution in [1.82, 2.24) is 9.78 Å². The molecular formula is C17H26N2O. The lowest BCUT2D eigenvalue weighted by Crippen LogP contribution is -2.14. The van der Waals surface area contributed by atoms with E-state index < -0.39 is 0 Å². The zero-order chi connectivity index (χ0) is 13.8. The number of nitrogens with zero attached hydrogens (tertiary/aromatic N) is 2. The molecule has 3 rings (SSSR count). The van der Waals surface area contributed by atoms with Crippen LogP contribution in [-0.2, 0) is 11.2 Å². The molecule has 0 bridgehead atoms. The Kier molecular flexibility index (Phi) is 4.54. The number of Topliss-reactive ketones (excluding diaryl/α,β-unsaturated/α-hetero) is 1. The fourth-order valence-corrected chi connectivity index (χ4v) is 3.83. The van der Waals surface area contributed by atoms with Crippen LogP contribution in [0.15, 0.2) is 12.3 Å². The van der Waals surface area contributed by atoms with Crippen molar-refractivity contribution in [2.24, 2.45) is 5.92 Å². The Morgan fingerprint density at radius 1 is 1.10 bits per heavy atom. The number of hydrogen-bond acceptors (Lipinski definition) is 2. The van der Waals surface area contributed by atoms with E-state index in [1.54, 1.807) is 0 Å². The number of ketones is 1. The maximum absolute atomic E-state index is 12.2. The topological polar surface area (TPSA) is 34.9 Å². The van der Waals surface area contributed by atoms with Gasteiger partial charge in [0.1, 0.15) is 5.78 Å². The molecule has 2 aliphatic carbocycles. The monoisotopic (exact) mass is 274 g/mol. The smallest absolute Gasteiger partial charge is 0.139 e. The average molecular weight is 274 g/mol. The summed E-state index contributed by atoms with van der Waals surface area (Å²) < 4.78 is 2.09. The first-order valence-electron chi connectivity index (χ1n) is 8.37. The van der Waals surface area contributed by atoms with Gasteiger partial charge in [0.15, 0.2) is 0 Å². The second-order valence-corrected chi connectivity index (χ2v) is 6.65. The molecular weight excluding hydrogens is 248 g/mol. The van der Waals surface area contributed by atoms with Crippen LogP contribution in [0.1, 0.15) is 75.9 Å². The first-order chi connectivity index (χ1) is 9.81. The van der Waals surface area contributed by atoms with Gasteiger partial charge in [0.25, 0.3) is 0 Å². The van der Waals surface area contributed by atoms with E-state index in [0.717, 1.165) is 12.1 Å². The normalized spacial score (nSPS) is 21.4.